The second-order valence-electron chi connectivity index (χ2n) is 4.35. The number of amides is 2. The fourth-order valence-corrected chi connectivity index (χ4v) is 2.06. The van der Waals surface area contributed by atoms with Gasteiger partial charge in [-0.05, 0) is 6.42 Å². The van der Waals surface area contributed by atoms with Crippen molar-refractivity contribution in [1.82, 2.24) is 20.0 Å². The maximum absolute atomic E-state index is 12.2. The molecule has 0 spiro atoms. The van der Waals surface area contributed by atoms with E-state index in [2.05, 4.69) is 10.2 Å². The number of anilines is 1. The molecule has 7 heteroatoms. The van der Waals surface area contributed by atoms with Crippen molar-refractivity contribution in [1.29, 1.82) is 0 Å². The lowest BCUT2D eigenvalue weighted by atomic mass is 10.3. The number of hydrogen-bond donors (Lipinski definition) is 2. The summed E-state index contributed by atoms with van der Waals surface area (Å²) in [7, 11) is 0. The third-order valence-electron chi connectivity index (χ3n) is 3.11. The molecule has 0 atom stereocenters. The first-order valence-electron chi connectivity index (χ1n) is 5.93. The number of hydrogen-bond acceptors (Lipinski definition) is 4. The van der Waals surface area contributed by atoms with E-state index in [0.717, 1.165) is 6.42 Å². The van der Waals surface area contributed by atoms with E-state index in [9.17, 15) is 9.59 Å². The van der Waals surface area contributed by atoms with Gasteiger partial charge in [0.25, 0.3) is 5.91 Å². The number of carbonyl (C=O) groups excluding carboxylic acids is 2. The molecule has 3 N–H and O–H groups in total. The molecule has 1 aliphatic rings. The van der Waals surface area contributed by atoms with E-state index >= 15 is 0 Å². The molecule has 1 saturated heterocycles. The summed E-state index contributed by atoms with van der Waals surface area (Å²) in [5.74, 6) is -0.110. The molecular weight excluding hydrogens is 234 g/mol. The highest BCUT2D eigenvalue weighted by Gasteiger charge is 2.23. The molecule has 1 aliphatic heterocycles. The van der Waals surface area contributed by atoms with E-state index in [0.29, 0.717) is 37.6 Å². The number of nitrogens with zero attached hydrogens (tertiary/aromatic N) is 3. The van der Waals surface area contributed by atoms with Crippen molar-refractivity contribution < 1.29 is 9.59 Å². The van der Waals surface area contributed by atoms with E-state index in [1.165, 1.54) is 6.20 Å². The molecule has 7 nitrogen and oxygen atoms in total. The van der Waals surface area contributed by atoms with Crippen LogP contribution < -0.4 is 5.73 Å². The zero-order valence-corrected chi connectivity index (χ0v) is 10.3. The van der Waals surface area contributed by atoms with E-state index in [-0.39, 0.29) is 11.8 Å². The van der Waals surface area contributed by atoms with Crippen molar-refractivity contribution >= 4 is 17.5 Å². The average Bonchev–Trinajstić information content (AvgIpc) is 2.63. The minimum Gasteiger partial charge on any atom is -0.396 e. The van der Waals surface area contributed by atoms with Crippen LogP contribution >= 0.6 is 0 Å². The summed E-state index contributed by atoms with van der Waals surface area (Å²) in [5.41, 5.74) is 6.34. The quantitative estimate of drug-likeness (QED) is 0.715. The molecule has 1 aromatic rings. The first kappa shape index (κ1) is 12.4. The third-order valence-corrected chi connectivity index (χ3v) is 3.11. The second kappa shape index (κ2) is 5.07. The van der Waals surface area contributed by atoms with Gasteiger partial charge < -0.3 is 15.5 Å². The number of H-pyrrole nitrogens is 1. The highest BCUT2D eigenvalue weighted by molar-refractivity contribution is 5.97. The molecule has 0 bridgehead atoms. The standard InChI is InChI=1S/C11H17N5O2/c1-8(17)15-3-2-4-16(6-5-15)11(18)10-9(12)7-13-14-10/h7H,2-6,12H2,1H3,(H,13,14). The number of aromatic amines is 1. The molecule has 0 saturated carbocycles. The van der Waals surface area contributed by atoms with Gasteiger partial charge >= 0.3 is 0 Å². The van der Waals surface area contributed by atoms with Crippen LogP contribution in [0.3, 0.4) is 0 Å². The fraction of sp³-hybridized carbons (Fsp3) is 0.545. The van der Waals surface area contributed by atoms with Gasteiger partial charge in [-0.1, -0.05) is 0 Å². The van der Waals surface area contributed by atoms with Crippen molar-refractivity contribution in [3.63, 3.8) is 0 Å². The Balaban J connectivity index is 2.04. The van der Waals surface area contributed by atoms with E-state index < -0.39 is 0 Å². The van der Waals surface area contributed by atoms with Gasteiger partial charge in [0.05, 0.1) is 11.9 Å². The Bertz CT molecular complexity index is 456. The Morgan fingerprint density at radius 2 is 1.94 bits per heavy atom. The van der Waals surface area contributed by atoms with Crippen LogP contribution in [0.2, 0.25) is 0 Å². The summed E-state index contributed by atoms with van der Waals surface area (Å²) in [5, 5.41) is 6.35. The van der Waals surface area contributed by atoms with Crippen LogP contribution in [0.15, 0.2) is 6.20 Å². The Kier molecular flexibility index (Phi) is 3.50. The Labute approximate surface area is 105 Å². The van der Waals surface area contributed by atoms with Crippen LogP contribution in [0, 0.1) is 0 Å². The summed E-state index contributed by atoms with van der Waals surface area (Å²) in [6.45, 7) is 3.95. The van der Waals surface area contributed by atoms with Crippen LogP contribution in [-0.4, -0.2) is 58.0 Å². The Morgan fingerprint density at radius 1 is 1.28 bits per heavy atom. The molecule has 0 radical (unpaired) electrons. The van der Waals surface area contributed by atoms with Crippen molar-refractivity contribution in [2.75, 3.05) is 31.9 Å². The first-order valence-corrected chi connectivity index (χ1v) is 5.93. The third kappa shape index (κ3) is 2.44. The van der Waals surface area contributed by atoms with Crippen molar-refractivity contribution in [2.24, 2.45) is 0 Å². The zero-order valence-electron chi connectivity index (χ0n) is 10.3. The van der Waals surface area contributed by atoms with Crippen LogP contribution in [0.1, 0.15) is 23.8 Å². The summed E-state index contributed by atoms with van der Waals surface area (Å²) >= 11 is 0. The summed E-state index contributed by atoms with van der Waals surface area (Å²) in [6, 6.07) is 0. The zero-order chi connectivity index (χ0) is 13.1. The minimum atomic E-state index is -0.157. The monoisotopic (exact) mass is 251 g/mol. The molecule has 2 heterocycles. The molecule has 0 aliphatic carbocycles. The molecule has 0 unspecified atom stereocenters. The molecule has 2 rings (SSSR count). The topological polar surface area (TPSA) is 95.3 Å². The predicted octanol–water partition coefficient (Wildman–Crippen LogP) is -0.314. The molecule has 18 heavy (non-hydrogen) atoms. The van der Waals surface area contributed by atoms with Crippen molar-refractivity contribution in [2.45, 2.75) is 13.3 Å². The maximum Gasteiger partial charge on any atom is 0.274 e. The van der Waals surface area contributed by atoms with Crippen molar-refractivity contribution in [3.8, 4) is 0 Å². The lowest BCUT2D eigenvalue weighted by Crippen LogP contribution is -2.36. The summed E-state index contributed by atoms with van der Waals surface area (Å²) in [6.07, 6.45) is 2.20. The molecule has 2 amide bonds. The predicted molar refractivity (Wildman–Crippen MR) is 65.8 cm³/mol. The number of nitrogens with one attached hydrogen (secondary N) is 1. The minimum absolute atomic E-state index is 0.0466. The van der Waals surface area contributed by atoms with Gasteiger partial charge in [0, 0.05) is 33.1 Å². The normalized spacial score (nSPS) is 16.5. The molecular formula is C11H17N5O2. The van der Waals surface area contributed by atoms with Gasteiger partial charge in [-0.25, -0.2) is 0 Å². The highest BCUT2D eigenvalue weighted by Crippen LogP contribution is 2.12. The van der Waals surface area contributed by atoms with Gasteiger partial charge in [-0.2, -0.15) is 5.10 Å². The first-order chi connectivity index (χ1) is 8.59. The Morgan fingerprint density at radius 3 is 2.56 bits per heavy atom. The highest BCUT2D eigenvalue weighted by atomic mass is 16.2. The van der Waals surface area contributed by atoms with E-state index in [4.69, 9.17) is 5.73 Å². The summed E-state index contributed by atoms with van der Waals surface area (Å²) < 4.78 is 0. The molecule has 0 aromatic carbocycles. The number of aromatic nitrogens is 2. The van der Waals surface area contributed by atoms with Crippen LogP contribution in [0.25, 0.3) is 0 Å². The summed E-state index contributed by atoms with van der Waals surface area (Å²) in [4.78, 5) is 26.9. The number of nitrogens with two attached hydrogens (primary N) is 1. The largest absolute Gasteiger partial charge is 0.396 e. The second-order valence-corrected chi connectivity index (χ2v) is 4.35. The smallest absolute Gasteiger partial charge is 0.274 e. The van der Waals surface area contributed by atoms with Crippen LogP contribution in [0.4, 0.5) is 5.69 Å². The van der Waals surface area contributed by atoms with Crippen LogP contribution in [0.5, 0.6) is 0 Å². The van der Waals surface area contributed by atoms with E-state index in [1.54, 1.807) is 16.7 Å². The lowest BCUT2D eigenvalue weighted by Gasteiger charge is -2.20. The molecule has 1 fully saturated rings. The Hall–Kier alpha value is -2.05. The van der Waals surface area contributed by atoms with Gasteiger partial charge in [0.1, 0.15) is 5.69 Å². The number of nitrogen functional groups attached to an aromatic ring is 1. The SMILES string of the molecule is CC(=O)N1CCCN(C(=O)c2[nH]ncc2N)CC1. The van der Waals surface area contributed by atoms with Gasteiger partial charge in [-0.3, -0.25) is 14.7 Å². The average molecular weight is 251 g/mol. The molecule has 1 aromatic heterocycles. The van der Waals surface area contributed by atoms with Gasteiger partial charge in [0.2, 0.25) is 5.91 Å². The molecule has 98 valence electrons. The fourth-order valence-electron chi connectivity index (χ4n) is 2.06. The number of carbonyl (C=O) groups is 2. The van der Waals surface area contributed by atoms with Crippen molar-refractivity contribution in [3.05, 3.63) is 11.9 Å². The van der Waals surface area contributed by atoms with E-state index in [1.807, 2.05) is 0 Å². The number of rotatable bonds is 1. The van der Waals surface area contributed by atoms with Crippen LogP contribution in [-0.2, 0) is 4.79 Å². The van der Waals surface area contributed by atoms with Gasteiger partial charge in [-0.15, -0.1) is 0 Å². The lowest BCUT2D eigenvalue weighted by molar-refractivity contribution is -0.128. The van der Waals surface area contributed by atoms with Gasteiger partial charge in [0.15, 0.2) is 0 Å². The maximum atomic E-state index is 12.2.